The maximum Gasteiger partial charge on any atom is 0.0600 e. The molecule has 2 atom stereocenters. The van der Waals surface area contributed by atoms with Crippen molar-refractivity contribution in [3.8, 4) is 0 Å². The van der Waals surface area contributed by atoms with Crippen molar-refractivity contribution in [2.45, 2.75) is 59.1 Å². The first kappa shape index (κ1) is 15.9. The van der Waals surface area contributed by atoms with E-state index in [0.29, 0.717) is 6.04 Å². The number of likely N-dealkylation sites (N-methyl/N-ethyl adjacent to an activating group) is 1. The molecule has 0 saturated carbocycles. The van der Waals surface area contributed by atoms with E-state index in [2.05, 4.69) is 44.5 Å². The van der Waals surface area contributed by atoms with Crippen LogP contribution in [0.25, 0.3) is 0 Å². The van der Waals surface area contributed by atoms with Crippen molar-refractivity contribution in [3.63, 3.8) is 0 Å². The average Bonchev–Trinajstić information content (AvgIpc) is 2.46. The number of nitrogens with zero attached hydrogens (tertiary/aromatic N) is 2. The van der Waals surface area contributed by atoms with Crippen molar-refractivity contribution in [3.05, 3.63) is 0 Å². The first-order valence-corrected chi connectivity index (χ1v) is 7.45. The Morgan fingerprint density at radius 3 is 2.50 bits per heavy atom. The molecule has 0 aromatic carbocycles. The first-order valence-electron chi connectivity index (χ1n) is 7.45. The summed E-state index contributed by atoms with van der Waals surface area (Å²) in [6.45, 7) is 13.2. The Hall–Kier alpha value is -0.120. The summed E-state index contributed by atoms with van der Waals surface area (Å²) >= 11 is 0. The molecule has 0 aromatic rings. The van der Waals surface area contributed by atoms with E-state index >= 15 is 0 Å². The van der Waals surface area contributed by atoms with Gasteiger partial charge in [-0.05, 0) is 44.8 Å². The van der Waals surface area contributed by atoms with Crippen LogP contribution >= 0.6 is 0 Å². The molecular weight excluding hydrogens is 224 g/mol. The Labute approximate surface area is 113 Å². The van der Waals surface area contributed by atoms with E-state index in [1.807, 2.05) is 0 Å². The summed E-state index contributed by atoms with van der Waals surface area (Å²) < 4.78 is 0. The van der Waals surface area contributed by atoms with Crippen molar-refractivity contribution in [1.82, 2.24) is 9.80 Å². The number of aliphatic hydroxyl groups is 1. The highest BCUT2D eigenvalue weighted by Crippen LogP contribution is 2.22. The number of rotatable bonds is 4. The topological polar surface area (TPSA) is 26.7 Å². The third kappa shape index (κ3) is 4.87. The fraction of sp³-hybridized carbons (Fsp3) is 1.00. The Balaban J connectivity index is 2.48. The van der Waals surface area contributed by atoms with Gasteiger partial charge in [-0.1, -0.05) is 27.7 Å². The molecule has 1 fully saturated rings. The van der Waals surface area contributed by atoms with Gasteiger partial charge in [0, 0.05) is 19.1 Å². The van der Waals surface area contributed by atoms with Crippen LogP contribution in [0.5, 0.6) is 0 Å². The van der Waals surface area contributed by atoms with E-state index in [0.717, 1.165) is 13.0 Å². The van der Waals surface area contributed by atoms with Gasteiger partial charge in [0.05, 0.1) is 6.10 Å². The highest BCUT2D eigenvalue weighted by Gasteiger charge is 2.26. The number of hydrogen-bond donors (Lipinski definition) is 1. The summed E-state index contributed by atoms with van der Waals surface area (Å²) in [4.78, 5) is 5.02. The van der Waals surface area contributed by atoms with Gasteiger partial charge in [0.1, 0.15) is 0 Å². The van der Waals surface area contributed by atoms with E-state index in [1.54, 1.807) is 0 Å². The lowest BCUT2D eigenvalue weighted by Crippen LogP contribution is -2.42. The van der Waals surface area contributed by atoms with Gasteiger partial charge in [-0.2, -0.15) is 0 Å². The molecule has 0 aromatic heterocycles. The third-order valence-electron chi connectivity index (χ3n) is 4.18. The van der Waals surface area contributed by atoms with E-state index in [1.165, 1.54) is 32.5 Å². The Morgan fingerprint density at radius 2 is 1.94 bits per heavy atom. The Morgan fingerprint density at radius 1 is 1.28 bits per heavy atom. The maximum atomic E-state index is 10.2. The first-order chi connectivity index (χ1) is 8.34. The van der Waals surface area contributed by atoms with Crippen LogP contribution in [-0.2, 0) is 0 Å². The van der Waals surface area contributed by atoms with Gasteiger partial charge in [0.25, 0.3) is 0 Å². The summed E-state index contributed by atoms with van der Waals surface area (Å²) in [5.74, 6) is 0. The molecule has 1 saturated heterocycles. The summed E-state index contributed by atoms with van der Waals surface area (Å²) in [6.07, 6.45) is 3.15. The van der Waals surface area contributed by atoms with Crippen LogP contribution in [0, 0.1) is 5.41 Å². The molecule has 0 amide bonds. The standard InChI is InChI=1S/C15H32N2O/c1-6-13-12-16(5)9-7-10-17(13)11-8-14(18)15(2,3)4/h13-14,18H,6-12H2,1-5H3. The largest absolute Gasteiger partial charge is 0.393 e. The van der Waals surface area contributed by atoms with Gasteiger partial charge in [-0.15, -0.1) is 0 Å². The van der Waals surface area contributed by atoms with Gasteiger partial charge < -0.3 is 10.0 Å². The Bertz CT molecular complexity index is 237. The fourth-order valence-corrected chi connectivity index (χ4v) is 2.70. The molecule has 1 aliphatic heterocycles. The second-order valence-corrected chi connectivity index (χ2v) is 6.88. The highest BCUT2D eigenvalue weighted by atomic mass is 16.3. The van der Waals surface area contributed by atoms with Crippen molar-refractivity contribution in [1.29, 1.82) is 0 Å². The SMILES string of the molecule is CCC1CN(C)CCCN1CCC(O)C(C)(C)C. The van der Waals surface area contributed by atoms with Gasteiger partial charge in [-0.25, -0.2) is 0 Å². The van der Waals surface area contributed by atoms with Gasteiger partial charge in [0.15, 0.2) is 0 Å². The zero-order valence-corrected chi connectivity index (χ0v) is 12.9. The molecule has 0 radical (unpaired) electrons. The highest BCUT2D eigenvalue weighted by molar-refractivity contribution is 4.80. The van der Waals surface area contributed by atoms with Crippen molar-refractivity contribution in [2.24, 2.45) is 5.41 Å². The third-order valence-corrected chi connectivity index (χ3v) is 4.18. The molecular formula is C15H32N2O. The average molecular weight is 256 g/mol. The van der Waals surface area contributed by atoms with Gasteiger partial charge >= 0.3 is 0 Å². The second-order valence-electron chi connectivity index (χ2n) is 6.88. The lowest BCUT2D eigenvalue weighted by molar-refractivity contribution is 0.0403. The molecule has 18 heavy (non-hydrogen) atoms. The van der Waals surface area contributed by atoms with Crippen LogP contribution in [0.15, 0.2) is 0 Å². The smallest absolute Gasteiger partial charge is 0.0600 e. The molecule has 3 nitrogen and oxygen atoms in total. The summed E-state index contributed by atoms with van der Waals surface area (Å²) in [5, 5.41) is 10.2. The molecule has 0 bridgehead atoms. The van der Waals surface area contributed by atoms with Crippen LogP contribution in [0.3, 0.4) is 0 Å². The van der Waals surface area contributed by atoms with Crippen molar-refractivity contribution < 1.29 is 5.11 Å². The quantitative estimate of drug-likeness (QED) is 0.835. The molecule has 1 N–H and O–H groups in total. The molecule has 108 valence electrons. The molecule has 1 rings (SSSR count). The normalized spacial score (nSPS) is 26.0. The zero-order valence-electron chi connectivity index (χ0n) is 12.9. The van der Waals surface area contributed by atoms with E-state index in [4.69, 9.17) is 0 Å². The molecule has 0 spiro atoms. The Kier molecular flexibility index (Phi) is 6.09. The minimum atomic E-state index is -0.198. The molecule has 1 heterocycles. The summed E-state index contributed by atoms with van der Waals surface area (Å²) in [5.41, 5.74) is 0.00432. The molecule has 0 aliphatic carbocycles. The maximum absolute atomic E-state index is 10.2. The molecule has 3 heteroatoms. The summed E-state index contributed by atoms with van der Waals surface area (Å²) in [7, 11) is 2.22. The van der Waals surface area contributed by atoms with Crippen LogP contribution in [0.1, 0.15) is 47.0 Å². The fourth-order valence-electron chi connectivity index (χ4n) is 2.70. The predicted octanol–water partition coefficient (Wildman–Crippen LogP) is 2.20. The van der Waals surface area contributed by atoms with Crippen molar-refractivity contribution in [2.75, 3.05) is 33.2 Å². The lowest BCUT2D eigenvalue weighted by atomic mass is 9.87. The van der Waals surface area contributed by atoms with Crippen LogP contribution in [-0.4, -0.2) is 60.3 Å². The van der Waals surface area contributed by atoms with E-state index < -0.39 is 0 Å². The zero-order chi connectivity index (χ0) is 13.8. The minimum absolute atomic E-state index is 0.00432. The van der Waals surface area contributed by atoms with Gasteiger partial charge in [-0.3, -0.25) is 4.90 Å². The van der Waals surface area contributed by atoms with Crippen LogP contribution in [0.2, 0.25) is 0 Å². The van der Waals surface area contributed by atoms with Gasteiger partial charge in [0.2, 0.25) is 0 Å². The summed E-state index contributed by atoms with van der Waals surface area (Å²) in [6, 6.07) is 0.657. The van der Waals surface area contributed by atoms with E-state index in [9.17, 15) is 5.11 Å². The number of hydrogen-bond acceptors (Lipinski definition) is 3. The van der Waals surface area contributed by atoms with Crippen molar-refractivity contribution >= 4 is 0 Å². The molecule has 2 unspecified atom stereocenters. The lowest BCUT2D eigenvalue weighted by Gasteiger charge is -2.33. The second kappa shape index (κ2) is 6.88. The minimum Gasteiger partial charge on any atom is -0.393 e. The monoisotopic (exact) mass is 256 g/mol. The number of aliphatic hydroxyl groups excluding tert-OH is 1. The molecule has 1 aliphatic rings. The van der Waals surface area contributed by atoms with Crippen LogP contribution in [0.4, 0.5) is 0 Å². The predicted molar refractivity (Wildman–Crippen MR) is 77.8 cm³/mol. The van der Waals surface area contributed by atoms with Crippen LogP contribution < -0.4 is 0 Å². The van der Waals surface area contributed by atoms with E-state index in [-0.39, 0.29) is 11.5 Å².